The predicted molar refractivity (Wildman–Crippen MR) is 132 cm³/mol. The molecule has 8 heteroatoms. The number of nitro groups is 1. The van der Waals surface area contributed by atoms with Gasteiger partial charge in [0, 0.05) is 17.8 Å². The van der Waals surface area contributed by atoms with Crippen molar-refractivity contribution in [2.75, 3.05) is 26.6 Å². The number of hydrogen-bond donors (Lipinski definition) is 1. The molecule has 0 radical (unpaired) electrons. The molecule has 3 aromatic carbocycles. The summed E-state index contributed by atoms with van der Waals surface area (Å²) >= 11 is 0. The summed E-state index contributed by atoms with van der Waals surface area (Å²) in [6.45, 7) is 0. The van der Waals surface area contributed by atoms with E-state index in [9.17, 15) is 14.9 Å². The number of nitrogens with zero attached hydrogens (tertiary/aromatic N) is 1. The van der Waals surface area contributed by atoms with Crippen molar-refractivity contribution in [1.82, 2.24) is 0 Å². The lowest BCUT2D eigenvalue weighted by molar-refractivity contribution is -0.385. The van der Waals surface area contributed by atoms with E-state index in [1.165, 1.54) is 18.2 Å². The zero-order valence-corrected chi connectivity index (χ0v) is 19.0. The Labute approximate surface area is 197 Å². The Morgan fingerprint density at radius 3 is 2.18 bits per heavy atom. The average Bonchev–Trinajstić information content (AvgIpc) is 2.85. The molecule has 34 heavy (non-hydrogen) atoms. The van der Waals surface area contributed by atoms with Crippen molar-refractivity contribution < 1.29 is 23.9 Å². The van der Waals surface area contributed by atoms with Crippen molar-refractivity contribution in [2.24, 2.45) is 0 Å². The number of anilines is 1. The molecule has 0 aromatic heterocycles. The minimum absolute atomic E-state index is 0.0644. The Bertz CT molecular complexity index is 1220. The third-order valence-electron chi connectivity index (χ3n) is 4.86. The third kappa shape index (κ3) is 6.01. The summed E-state index contributed by atoms with van der Waals surface area (Å²) in [6.07, 6.45) is 6.46. The van der Waals surface area contributed by atoms with Crippen molar-refractivity contribution in [3.63, 3.8) is 0 Å². The van der Waals surface area contributed by atoms with Gasteiger partial charge in [-0.05, 0) is 47.5 Å². The van der Waals surface area contributed by atoms with Crippen LogP contribution in [0.4, 0.5) is 11.4 Å². The number of benzene rings is 3. The summed E-state index contributed by atoms with van der Waals surface area (Å²) in [4.78, 5) is 23.0. The fourth-order valence-corrected chi connectivity index (χ4v) is 3.25. The Morgan fingerprint density at radius 2 is 1.53 bits per heavy atom. The Balaban J connectivity index is 1.74. The Kier molecular flexibility index (Phi) is 8.02. The zero-order valence-electron chi connectivity index (χ0n) is 19.0. The van der Waals surface area contributed by atoms with Crippen LogP contribution in [0.1, 0.15) is 16.7 Å². The number of para-hydroxylation sites is 1. The van der Waals surface area contributed by atoms with Gasteiger partial charge in [0.05, 0.1) is 31.8 Å². The van der Waals surface area contributed by atoms with Crippen molar-refractivity contribution >= 4 is 35.5 Å². The quantitative estimate of drug-likeness (QED) is 0.197. The molecule has 1 amide bonds. The second-order valence-corrected chi connectivity index (χ2v) is 7.06. The second-order valence-electron chi connectivity index (χ2n) is 7.06. The van der Waals surface area contributed by atoms with Gasteiger partial charge < -0.3 is 19.5 Å². The molecule has 0 heterocycles. The number of nitro benzene ring substituents is 1. The maximum atomic E-state index is 12.3. The summed E-state index contributed by atoms with van der Waals surface area (Å²) in [5.74, 6) is 1.21. The molecule has 3 aromatic rings. The van der Waals surface area contributed by atoms with Gasteiger partial charge in [-0.1, -0.05) is 36.4 Å². The first-order chi connectivity index (χ1) is 16.4. The van der Waals surface area contributed by atoms with Gasteiger partial charge in [0.15, 0.2) is 11.5 Å². The largest absolute Gasteiger partial charge is 0.493 e. The normalized spacial score (nSPS) is 10.9. The molecule has 0 fully saturated rings. The molecule has 174 valence electrons. The van der Waals surface area contributed by atoms with Crippen LogP contribution in [0.2, 0.25) is 0 Å². The van der Waals surface area contributed by atoms with Crippen molar-refractivity contribution in [3.8, 4) is 17.2 Å². The molecule has 0 atom stereocenters. The highest BCUT2D eigenvalue weighted by molar-refractivity contribution is 6.02. The molecular formula is C26H24N2O6. The van der Waals surface area contributed by atoms with Crippen LogP contribution in [0.15, 0.2) is 66.7 Å². The van der Waals surface area contributed by atoms with Gasteiger partial charge in [0.25, 0.3) is 5.69 Å². The van der Waals surface area contributed by atoms with E-state index in [1.54, 1.807) is 45.6 Å². The SMILES string of the molecule is COc1cc(/C=C/c2cccc(NC(=O)/C=C/c3ccccc3[N+](=O)[O-])c2)cc(OC)c1OC. The summed E-state index contributed by atoms with van der Waals surface area (Å²) in [5, 5.41) is 13.9. The monoisotopic (exact) mass is 460 g/mol. The van der Waals surface area contributed by atoms with Crippen LogP contribution < -0.4 is 19.5 Å². The molecule has 3 rings (SSSR count). The van der Waals surface area contributed by atoms with E-state index in [2.05, 4.69) is 5.32 Å². The van der Waals surface area contributed by atoms with Crippen molar-refractivity contribution in [2.45, 2.75) is 0 Å². The number of carbonyl (C=O) groups excluding carboxylic acids is 1. The third-order valence-corrected chi connectivity index (χ3v) is 4.86. The molecule has 0 saturated heterocycles. The van der Waals surface area contributed by atoms with Crippen molar-refractivity contribution in [1.29, 1.82) is 0 Å². The van der Waals surface area contributed by atoms with Crippen molar-refractivity contribution in [3.05, 3.63) is 93.5 Å². The molecule has 0 spiro atoms. The van der Waals surface area contributed by atoms with E-state index in [0.717, 1.165) is 11.1 Å². The average molecular weight is 460 g/mol. The van der Waals surface area contributed by atoms with E-state index in [-0.39, 0.29) is 5.69 Å². The van der Waals surface area contributed by atoms with Gasteiger partial charge in [-0.2, -0.15) is 0 Å². The van der Waals surface area contributed by atoms with E-state index in [1.807, 2.05) is 42.5 Å². The highest BCUT2D eigenvalue weighted by Gasteiger charge is 2.12. The van der Waals surface area contributed by atoms with Crippen LogP contribution in [-0.4, -0.2) is 32.2 Å². The van der Waals surface area contributed by atoms with Gasteiger partial charge in [-0.25, -0.2) is 0 Å². The molecule has 0 bridgehead atoms. The van der Waals surface area contributed by atoms with E-state index >= 15 is 0 Å². The first-order valence-corrected chi connectivity index (χ1v) is 10.3. The molecule has 0 unspecified atom stereocenters. The van der Waals surface area contributed by atoms with Gasteiger partial charge >= 0.3 is 0 Å². The molecule has 0 aliphatic rings. The number of amides is 1. The zero-order chi connectivity index (χ0) is 24.5. The highest BCUT2D eigenvalue weighted by atomic mass is 16.6. The van der Waals surface area contributed by atoms with Crippen LogP contribution >= 0.6 is 0 Å². The summed E-state index contributed by atoms with van der Waals surface area (Å²) in [7, 11) is 4.66. The highest BCUT2D eigenvalue weighted by Crippen LogP contribution is 2.38. The van der Waals surface area contributed by atoms with Crippen LogP contribution in [0.25, 0.3) is 18.2 Å². The molecule has 1 N–H and O–H groups in total. The van der Waals surface area contributed by atoms with Crippen LogP contribution in [0, 0.1) is 10.1 Å². The maximum Gasteiger partial charge on any atom is 0.276 e. The lowest BCUT2D eigenvalue weighted by atomic mass is 10.1. The minimum atomic E-state index is -0.485. The molecule has 0 aliphatic heterocycles. The number of rotatable bonds is 9. The van der Waals surface area contributed by atoms with Crippen LogP contribution in [0.5, 0.6) is 17.2 Å². The fourth-order valence-electron chi connectivity index (χ4n) is 3.25. The summed E-state index contributed by atoms with van der Waals surface area (Å²) in [6, 6.07) is 17.2. The number of carbonyl (C=O) groups is 1. The van der Waals surface area contributed by atoms with Gasteiger partial charge in [-0.3, -0.25) is 14.9 Å². The minimum Gasteiger partial charge on any atom is -0.493 e. The first-order valence-electron chi connectivity index (χ1n) is 10.3. The number of nitrogens with one attached hydrogen (secondary N) is 1. The fraction of sp³-hybridized carbons (Fsp3) is 0.115. The molecule has 0 aliphatic carbocycles. The topological polar surface area (TPSA) is 99.9 Å². The number of hydrogen-bond acceptors (Lipinski definition) is 6. The lowest BCUT2D eigenvalue weighted by Crippen LogP contribution is -2.07. The smallest absolute Gasteiger partial charge is 0.276 e. The standard InChI is InChI=1S/C26H24N2O6/c1-32-23-16-19(17-24(33-2)26(23)34-3)12-11-18-7-6-9-21(15-18)27-25(29)14-13-20-8-4-5-10-22(20)28(30)31/h4-17H,1-3H3,(H,27,29)/b12-11+,14-13+. The van der Waals surface area contributed by atoms with Gasteiger partial charge in [0.2, 0.25) is 11.7 Å². The summed E-state index contributed by atoms with van der Waals surface area (Å²) in [5.41, 5.74) is 2.57. The maximum absolute atomic E-state index is 12.3. The van der Waals surface area contributed by atoms with E-state index in [4.69, 9.17) is 14.2 Å². The second kappa shape index (κ2) is 11.3. The van der Waals surface area contributed by atoms with Gasteiger partial charge in [-0.15, -0.1) is 0 Å². The predicted octanol–water partition coefficient (Wildman–Crippen LogP) is 5.44. The Hall–Kier alpha value is -4.59. The van der Waals surface area contributed by atoms with E-state index in [0.29, 0.717) is 28.5 Å². The number of ether oxygens (including phenoxy) is 3. The summed E-state index contributed by atoms with van der Waals surface area (Å²) < 4.78 is 16.1. The Morgan fingerprint density at radius 1 is 0.853 bits per heavy atom. The molecule has 0 saturated carbocycles. The molecular weight excluding hydrogens is 436 g/mol. The van der Waals surface area contributed by atoms with Crippen LogP contribution in [0.3, 0.4) is 0 Å². The van der Waals surface area contributed by atoms with Gasteiger partial charge in [0.1, 0.15) is 0 Å². The first kappa shape index (κ1) is 24.1. The van der Waals surface area contributed by atoms with Crippen LogP contribution in [-0.2, 0) is 4.79 Å². The molecule has 8 nitrogen and oxygen atoms in total. The lowest BCUT2D eigenvalue weighted by Gasteiger charge is -2.12. The van der Waals surface area contributed by atoms with E-state index < -0.39 is 10.8 Å². The number of methoxy groups -OCH3 is 3.